The maximum atomic E-state index is 11.3. The summed E-state index contributed by atoms with van der Waals surface area (Å²) in [5.74, 6) is 0.977. The van der Waals surface area contributed by atoms with Crippen LogP contribution in [0.4, 0.5) is 5.82 Å². The van der Waals surface area contributed by atoms with Crippen molar-refractivity contribution in [1.29, 1.82) is 0 Å². The average molecular weight is 340 g/mol. The summed E-state index contributed by atoms with van der Waals surface area (Å²) < 4.78 is 25.4. The number of piperidine rings is 1. The van der Waals surface area contributed by atoms with E-state index in [4.69, 9.17) is 0 Å². The van der Waals surface area contributed by atoms with Gasteiger partial charge in [-0.15, -0.1) is 11.3 Å². The van der Waals surface area contributed by atoms with Crippen molar-refractivity contribution in [2.24, 2.45) is 0 Å². The highest BCUT2D eigenvalue weighted by Crippen LogP contribution is 2.35. The molecule has 120 valence electrons. The molecule has 6 nitrogen and oxygen atoms in total. The molecule has 1 saturated heterocycles. The number of fused-ring (bicyclic) bond motifs is 1. The van der Waals surface area contributed by atoms with E-state index >= 15 is 0 Å². The predicted molar refractivity (Wildman–Crippen MR) is 90.1 cm³/mol. The number of thiophene rings is 1. The lowest BCUT2D eigenvalue weighted by molar-refractivity contribution is 0.460. The Hall–Kier alpha value is -1.25. The van der Waals surface area contributed by atoms with Gasteiger partial charge in [0, 0.05) is 24.0 Å². The van der Waals surface area contributed by atoms with Gasteiger partial charge in [0.25, 0.3) is 0 Å². The maximum absolute atomic E-state index is 11.3. The molecule has 0 unspecified atom stereocenters. The van der Waals surface area contributed by atoms with Crippen LogP contribution in [0, 0.1) is 13.8 Å². The van der Waals surface area contributed by atoms with Crippen LogP contribution in [0.25, 0.3) is 10.2 Å². The van der Waals surface area contributed by atoms with E-state index in [1.54, 1.807) is 17.7 Å². The van der Waals surface area contributed by atoms with E-state index in [0.29, 0.717) is 0 Å². The summed E-state index contributed by atoms with van der Waals surface area (Å²) in [6.07, 6.45) is 4.42. The van der Waals surface area contributed by atoms with Crippen LogP contribution in [0.15, 0.2) is 6.33 Å². The first-order valence-corrected chi connectivity index (χ1v) is 9.99. The Morgan fingerprint density at radius 1 is 1.27 bits per heavy atom. The largest absolute Gasteiger partial charge is 0.356 e. The summed E-state index contributed by atoms with van der Waals surface area (Å²) in [6, 6.07) is 0.0221. The lowest BCUT2D eigenvalue weighted by atomic mass is 10.1. The van der Waals surface area contributed by atoms with Gasteiger partial charge in [0.1, 0.15) is 17.0 Å². The van der Waals surface area contributed by atoms with Crippen LogP contribution in [-0.2, 0) is 10.0 Å². The molecule has 3 heterocycles. The molecule has 0 saturated carbocycles. The molecule has 0 amide bonds. The van der Waals surface area contributed by atoms with Gasteiger partial charge in [-0.1, -0.05) is 0 Å². The predicted octanol–water partition coefficient (Wildman–Crippen LogP) is 1.83. The Kier molecular flexibility index (Phi) is 4.09. The summed E-state index contributed by atoms with van der Waals surface area (Å²) in [5.41, 5.74) is 1.24. The Bertz CT molecular complexity index is 793. The lowest BCUT2D eigenvalue weighted by Crippen LogP contribution is -2.44. The molecule has 0 radical (unpaired) electrons. The summed E-state index contributed by atoms with van der Waals surface area (Å²) in [6.45, 7) is 5.81. The maximum Gasteiger partial charge on any atom is 0.208 e. The molecule has 8 heteroatoms. The summed E-state index contributed by atoms with van der Waals surface area (Å²) in [7, 11) is -3.14. The highest BCUT2D eigenvalue weighted by molar-refractivity contribution is 7.88. The van der Waals surface area contributed by atoms with Crippen LogP contribution in [0.1, 0.15) is 23.3 Å². The van der Waals surface area contributed by atoms with Gasteiger partial charge in [-0.2, -0.15) is 0 Å². The third-order valence-corrected chi connectivity index (χ3v) is 6.00. The van der Waals surface area contributed by atoms with Gasteiger partial charge >= 0.3 is 0 Å². The van der Waals surface area contributed by atoms with E-state index < -0.39 is 10.0 Å². The Labute approximate surface area is 134 Å². The Morgan fingerprint density at radius 2 is 1.95 bits per heavy atom. The molecule has 1 fully saturated rings. The van der Waals surface area contributed by atoms with Crippen molar-refractivity contribution in [3.63, 3.8) is 0 Å². The van der Waals surface area contributed by atoms with Crippen molar-refractivity contribution < 1.29 is 8.42 Å². The van der Waals surface area contributed by atoms with E-state index in [-0.39, 0.29) is 6.04 Å². The Balaban J connectivity index is 1.82. The second-order valence-corrected chi connectivity index (χ2v) is 8.80. The fourth-order valence-corrected chi connectivity index (χ4v) is 4.75. The van der Waals surface area contributed by atoms with Crippen molar-refractivity contribution in [3.8, 4) is 0 Å². The molecule has 0 aromatic carbocycles. The van der Waals surface area contributed by atoms with E-state index in [1.807, 2.05) is 0 Å². The number of nitrogens with one attached hydrogen (secondary N) is 1. The minimum atomic E-state index is -3.14. The topological polar surface area (TPSA) is 75.2 Å². The van der Waals surface area contributed by atoms with Crippen molar-refractivity contribution in [1.82, 2.24) is 14.7 Å². The molecule has 3 rings (SSSR count). The van der Waals surface area contributed by atoms with Gasteiger partial charge in [-0.05, 0) is 32.3 Å². The highest BCUT2D eigenvalue weighted by atomic mass is 32.2. The second kappa shape index (κ2) is 5.75. The first kappa shape index (κ1) is 15.6. The van der Waals surface area contributed by atoms with Crippen LogP contribution in [0.2, 0.25) is 0 Å². The fourth-order valence-electron chi connectivity index (χ4n) is 2.92. The number of aryl methyl sites for hydroxylation is 2. The first-order chi connectivity index (χ1) is 10.3. The summed E-state index contributed by atoms with van der Waals surface area (Å²) in [4.78, 5) is 13.4. The summed E-state index contributed by atoms with van der Waals surface area (Å²) in [5, 5.41) is 1.14. The number of sulfonamides is 1. The first-order valence-electron chi connectivity index (χ1n) is 7.28. The SMILES string of the molecule is Cc1sc2ncnc(N3CCC(NS(C)(=O)=O)CC3)c2c1C. The summed E-state index contributed by atoms with van der Waals surface area (Å²) >= 11 is 1.70. The van der Waals surface area contributed by atoms with Gasteiger partial charge < -0.3 is 4.90 Å². The van der Waals surface area contributed by atoms with Crippen molar-refractivity contribution >= 4 is 37.4 Å². The molecular formula is C14H20N4O2S2. The van der Waals surface area contributed by atoms with Gasteiger partial charge in [-0.25, -0.2) is 23.1 Å². The third-order valence-electron chi connectivity index (χ3n) is 4.12. The standard InChI is InChI=1S/C14H20N4O2S2/c1-9-10(2)21-14-12(9)13(15-8-16-14)18-6-4-11(5-7-18)17-22(3,19)20/h8,11,17H,4-7H2,1-3H3. The van der Waals surface area contributed by atoms with Gasteiger partial charge in [0.05, 0.1) is 11.6 Å². The minimum Gasteiger partial charge on any atom is -0.356 e. The van der Waals surface area contributed by atoms with E-state index in [9.17, 15) is 8.42 Å². The highest BCUT2D eigenvalue weighted by Gasteiger charge is 2.24. The average Bonchev–Trinajstić information content (AvgIpc) is 2.73. The van der Waals surface area contributed by atoms with Gasteiger partial charge in [0.2, 0.25) is 10.0 Å². The van der Waals surface area contributed by atoms with Crippen LogP contribution < -0.4 is 9.62 Å². The zero-order valence-corrected chi connectivity index (χ0v) is 14.6. The molecule has 1 N–H and O–H groups in total. The van der Waals surface area contributed by atoms with Crippen LogP contribution in [-0.4, -0.2) is 43.8 Å². The van der Waals surface area contributed by atoms with Crippen LogP contribution in [0.5, 0.6) is 0 Å². The number of hydrogen-bond acceptors (Lipinski definition) is 6. The van der Waals surface area contributed by atoms with E-state index in [0.717, 1.165) is 42.0 Å². The molecular weight excluding hydrogens is 320 g/mol. The fraction of sp³-hybridized carbons (Fsp3) is 0.571. The molecule has 2 aromatic heterocycles. The monoisotopic (exact) mass is 340 g/mol. The molecule has 1 aliphatic rings. The number of rotatable bonds is 3. The van der Waals surface area contributed by atoms with E-state index in [1.165, 1.54) is 16.7 Å². The van der Waals surface area contributed by atoms with Crippen molar-refractivity contribution in [2.45, 2.75) is 32.7 Å². The number of nitrogens with zero attached hydrogens (tertiary/aromatic N) is 3. The molecule has 0 spiro atoms. The van der Waals surface area contributed by atoms with E-state index in [2.05, 4.69) is 33.4 Å². The minimum absolute atomic E-state index is 0.0221. The quantitative estimate of drug-likeness (QED) is 0.922. The number of aromatic nitrogens is 2. The van der Waals surface area contributed by atoms with Crippen molar-refractivity contribution in [2.75, 3.05) is 24.2 Å². The van der Waals surface area contributed by atoms with Gasteiger partial charge in [-0.3, -0.25) is 0 Å². The zero-order chi connectivity index (χ0) is 15.9. The molecule has 0 atom stereocenters. The van der Waals surface area contributed by atoms with Gasteiger partial charge in [0.15, 0.2) is 0 Å². The zero-order valence-electron chi connectivity index (χ0n) is 13.0. The molecule has 2 aromatic rings. The molecule has 22 heavy (non-hydrogen) atoms. The molecule has 1 aliphatic heterocycles. The Morgan fingerprint density at radius 3 is 2.59 bits per heavy atom. The lowest BCUT2D eigenvalue weighted by Gasteiger charge is -2.33. The number of anilines is 1. The smallest absolute Gasteiger partial charge is 0.208 e. The van der Waals surface area contributed by atoms with Crippen LogP contribution in [0.3, 0.4) is 0 Å². The number of hydrogen-bond donors (Lipinski definition) is 1. The molecule has 0 aliphatic carbocycles. The molecule has 0 bridgehead atoms. The third kappa shape index (κ3) is 3.09. The second-order valence-electron chi connectivity index (χ2n) is 5.81. The van der Waals surface area contributed by atoms with Crippen LogP contribution >= 0.6 is 11.3 Å². The normalized spacial score (nSPS) is 17.3. The van der Waals surface area contributed by atoms with Crippen molar-refractivity contribution in [3.05, 3.63) is 16.8 Å².